The Hall–Kier alpha value is -1.03. The third-order valence-electron chi connectivity index (χ3n) is 3.12. The van der Waals surface area contributed by atoms with Crippen LogP contribution in [0, 0.1) is 0 Å². The van der Waals surface area contributed by atoms with Crippen molar-refractivity contribution >= 4 is 0 Å². The van der Waals surface area contributed by atoms with Gasteiger partial charge in [0.25, 0.3) is 0 Å². The second kappa shape index (κ2) is 4.23. The summed E-state index contributed by atoms with van der Waals surface area (Å²) in [6.45, 7) is 1.84. The summed E-state index contributed by atoms with van der Waals surface area (Å²) in [5.74, 6) is 0.232. The van der Waals surface area contributed by atoms with E-state index in [0.717, 1.165) is 0 Å². The normalized spacial score (nSPS) is 20.4. The summed E-state index contributed by atoms with van der Waals surface area (Å²) in [6.07, 6.45) is 7.90. The van der Waals surface area contributed by atoms with E-state index >= 15 is 0 Å². The zero-order valence-electron chi connectivity index (χ0n) is 9.19. The van der Waals surface area contributed by atoms with Crippen molar-refractivity contribution < 1.29 is 5.11 Å². The number of rotatable bonds is 2. The van der Waals surface area contributed by atoms with Gasteiger partial charge < -0.3 is 10.8 Å². The molecule has 1 aliphatic rings. The lowest BCUT2D eigenvalue weighted by molar-refractivity contribution is 0.327. The van der Waals surface area contributed by atoms with Gasteiger partial charge in [-0.1, -0.05) is 19.3 Å². The molecule has 1 atom stereocenters. The SMILES string of the molecule is CC(N)c1nn(C2CCCCC2)cc1O. The maximum absolute atomic E-state index is 9.67. The van der Waals surface area contributed by atoms with E-state index in [4.69, 9.17) is 5.73 Å². The molecule has 1 aromatic rings. The Morgan fingerprint density at radius 2 is 2.13 bits per heavy atom. The van der Waals surface area contributed by atoms with E-state index in [2.05, 4.69) is 5.10 Å². The van der Waals surface area contributed by atoms with Gasteiger partial charge >= 0.3 is 0 Å². The fourth-order valence-corrected chi connectivity index (χ4v) is 2.25. The lowest BCUT2D eigenvalue weighted by atomic mass is 9.96. The molecular weight excluding hydrogens is 190 g/mol. The number of aromatic hydroxyl groups is 1. The van der Waals surface area contributed by atoms with Gasteiger partial charge in [-0.2, -0.15) is 5.10 Å². The van der Waals surface area contributed by atoms with E-state index in [9.17, 15) is 5.11 Å². The second-order valence-electron chi connectivity index (χ2n) is 4.46. The highest BCUT2D eigenvalue weighted by Gasteiger charge is 2.19. The molecule has 1 aromatic heterocycles. The van der Waals surface area contributed by atoms with Gasteiger partial charge in [-0.05, 0) is 19.8 Å². The van der Waals surface area contributed by atoms with Crippen LogP contribution in [-0.2, 0) is 0 Å². The van der Waals surface area contributed by atoms with Gasteiger partial charge in [0.2, 0.25) is 0 Å². The summed E-state index contributed by atoms with van der Waals surface area (Å²) >= 11 is 0. The highest BCUT2D eigenvalue weighted by molar-refractivity contribution is 5.25. The van der Waals surface area contributed by atoms with Crippen molar-refractivity contribution in [3.8, 4) is 5.75 Å². The average molecular weight is 209 g/mol. The van der Waals surface area contributed by atoms with Gasteiger partial charge in [0.15, 0.2) is 5.75 Å². The monoisotopic (exact) mass is 209 g/mol. The first kappa shape index (κ1) is 10.5. The number of nitrogens with two attached hydrogens (primary N) is 1. The number of nitrogens with zero attached hydrogens (tertiary/aromatic N) is 2. The van der Waals surface area contributed by atoms with Crippen LogP contribution >= 0.6 is 0 Å². The second-order valence-corrected chi connectivity index (χ2v) is 4.46. The molecule has 0 bridgehead atoms. The van der Waals surface area contributed by atoms with Crippen molar-refractivity contribution in [1.29, 1.82) is 0 Å². The van der Waals surface area contributed by atoms with Gasteiger partial charge in [-0.3, -0.25) is 4.68 Å². The molecule has 0 aliphatic heterocycles. The van der Waals surface area contributed by atoms with Crippen LogP contribution in [0.25, 0.3) is 0 Å². The Kier molecular flexibility index (Phi) is 2.95. The summed E-state index contributed by atoms with van der Waals surface area (Å²) in [5.41, 5.74) is 6.33. The summed E-state index contributed by atoms with van der Waals surface area (Å²) in [7, 11) is 0. The maximum atomic E-state index is 9.67. The van der Waals surface area contributed by atoms with E-state index in [1.54, 1.807) is 6.20 Å². The van der Waals surface area contributed by atoms with Crippen molar-refractivity contribution in [2.45, 2.75) is 51.1 Å². The lowest BCUT2D eigenvalue weighted by Gasteiger charge is -2.21. The molecule has 15 heavy (non-hydrogen) atoms. The molecule has 0 saturated heterocycles. The Labute approximate surface area is 90.1 Å². The van der Waals surface area contributed by atoms with Crippen LogP contribution in [0.3, 0.4) is 0 Å². The van der Waals surface area contributed by atoms with Gasteiger partial charge in [0.1, 0.15) is 5.69 Å². The first-order valence-electron chi connectivity index (χ1n) is 5.72. The van der Waals surface area contributed by atoms with E-state index in [0.29, 0.717) is 11.7 Å². The van der Waals surface area contributed by atoms with Crippen LogP contribution < -0.4 is 5.73 Å². The lowest BCUT2D eigenvalue weighted by Crippen LogP contribution is -2.14. The Balaban J connectivity index is 2.17. The Morgan fingerprint density at radius 1 is 1.47 bits per heavy atom. The first-order chi connectivity index (χ1) is 7.18. The van der Waals surface area contributed by atoms with Gasteiger partial charge in [-0.15, -0.1) is 0 Å². The summed E-state index contributed by atoms with van der Waals surface area (Å²) in [6, 6.07) is 0.256. The summed E-state index contributed by atoms with van der Waals surface area (Å²) in [5, 5.41) is 14.0. The molecular formula is C11H19N3O. The molecule has 1 aliphatic carbocycles. The predicted molar refractivity (Wildman–Crippen MR) is 58.6 cm³/mol. The van der Waals surface area contributed by atoms with Crippen LogP contribution in [0.15, 0.2) is 6.20 Å². The van der Waals surface area contributed by atoms with Crippen LogP contribution in [0.2, 0.25) is 0 Å². The van der Waals surface area contributed by atoms with Crippen LogP contribution in [0.4, 0.5) is 0 Å². The van der Waals surface area contributed by atoms with Crippen molar-refractivity contribution in [3.63, 3.8) is 0 Å². The third kappa shape index (κ3) is 2.15. The van der Waals surface area contributed by atoms with Crippen LogP contribution in [-0.4, -0.2) is 14.9 Å². The van der Waals surface area contributed by atoms with Gasteiger partial charge in [0.05, 0.1) is 12.2 Å². The quantitative estimate of drug-likeness (QED) is 0.784. The van der Waals surface area contributed by atoms with Gasteiger partial charge in [-0.25, -0.2) is 0 Å². The summed E-state index contributed by atoms with van der Waals surface area (Å²) in [4.78, 5) is 0. The predicted octanol–water partition coefficient (Wildman–Crippen LogP) is 2.11. The molecule has 0 aromatic carbocycles. The first-order valence-corrected chi connectivity index (χ1v) is 5.72. The minimum atomic E-state index is -0.199. The van der Waals surface area contributed by atoms with E-state index in [-0.39, 0.29) is 11.8 Å². The van der Waals surface area contributed by atoms with Crippen molar-refractivity contribution in [2.75, 3.05) is 0 Å². The minimum absolute atomic E-state index is 0.199. The number of hydrogen-bond donors (Lipinski definition) is 2. The molecule has 0 amide bonds. The minimum Gasteiger partial charge on any atom is -0.504 e. The number of aromatic nitrogens is 2. The average Bonchev–Trinajstić information content (AvgIpc) is 2.62. The smallest absolute Gasteiger partial charge is 0.158 e. The Bertz CT molecular complexity index is 327. The molecule has 4 heteroatoms. The molecule has 1 unspecified atom stereocenters. The molecule has 84 valence electrons. The summed E-state index contributed by atoms with van der Waals surface area (Å²) < 4.78 is 1.90. The number of hydrogen-bond acceptors (Lipinski definition) is 3. The Morgan fingerprint density at radius 3 is 2.67 bits per heavy atom. The molecule has 1 heterocycles. The zero-order chi connectivity index (χ0) is 10.8. The highest BCUT2D eigenvalue weighted by atomic mass is 16.3. The molecule has 0 spiro atoms. The van der Waals surface area contributed by atoms with Crippen molar-refractivity contribution in [2.24, 2.45) is 5.73 Å². The largest absolute Gasteiger partial charge is 0.504 e. The fraction of sp³-hybridized carbons (Fsp3) is 0.727. The fourth-order valence-electron chi connectivity index (χ4n) is 2.25. The standard InChI is InChI=1S/C11H19N3O/c1-8(12)11-10(15)7-14(13-11)9-5-3-2-4-6-9/h7-9,15H,2-6,12H2,1H3. The van der Waals surface area contributed by atoms with Crippen LogP contribution in [0.5, 0.6) is 5.75 Å². The third-order valence-corrected chi connectivity index (χ3v) is 3.12. The molecule has 4 nitrogen and oxygen atoms in total. The topological polar surface area (TPSA) is 64.1 Å². The van der Waals surface area contributed by atoms with Crippen molar-refractivity contribution in [3.05, 3.63) is 11.9 Å². The molecule has 3 N–H and O–H groups in total. The van der Waals surface area contributed by atoms with Gasteiger partial charge in [0, 0.05) is 6.04 Å². The van der Waals surface area contributed by atoms with E-state index in [1.807, 2.05) is 11.6 Å². The molecule has 2 rings (SSSR count). The molecule has 1 fully saturated rings. The maximum Gasteiger partial charge on any atom is 0.158 e. The highest BCUT2D eigenvalue weighted by Crippen LogP contribution is 2.30. The van der Waals surface area contributed by atoms with Crippen molar-refractivity contribution in [1.82, 2.24) is 9.78 Å². The molecule has 1 saturated carbocycles. The van der Waals surface area contributed by atoms with E-state index in [1.165, 1.54) is 32.1 Å². The van der Waals surface area contributed by atoms with E-state index < -0.39 is 0 Å². The zero-order valence-corrected chi connectivity index (χ0v) is 9.19. The van der Waals surface area contributed by atoms with Crippen LogP contribution in [0.1, 0.15) is 56.8 Å². The molecule has 0 radical (unpaired) electrons.